The maximum atomic E-state index is 11.5. The number of ether oxygens (including phenoxy) is 1. The van der Waals surface area contributed by atoms with Crippen molar-refractivity contribution < 1.29 is 14.6 Å². The van der Waals surface area contributed by atoms with Gasteiger partial charge in [-0.05, 0) is 34.1 Å². The van der Waals surface area contributed by atoms with E-state index in [1.54, 1.807) is 30.5 Å². The van der Waals surface area contributed by atoms with Crippen molar-refractivity contribution in [1.29, 1.82) is 0 Å². The molecule has 0 unspecified atom stereocenters. The van der Waals surface area contributed by atoms with Crippen molar-refractivity contribution in [3.05, 3.63) is 34.9 Å². The minimum atomic E-state index is -0.264. The molecule has 0 spiro atoms. The fraction of sp³-hybridized carbons (Fsp3) is 0.188. The molecule has 7 nitrogen and oxygen atoms in total. The number of terminal acetylenes is 1. The van der Waals surface area contributed by atoms with Crippen molar-refractivity contribution >= 4 is 39.2 Å². The summed E-state index contributed by atoms with van der Waals surface area (Å²) in [5.74, 6) is 2.76. The number of hydrogen-bond acceptors (Lipinski definition) is 6. The molecule has 1 aromatic heterocycles. The summed E-state index contributed by atoms with van der Waals surface area (Å²) in [6.45, 7) is -0.0988. The molecule has 1 amide bonds. The van der Waals surface area contributed by atoms with Crippen LogP contribution in [0.15, 0.2) is 34.9 Å². The third-order valence-corrected chi connectivity index (χ3v) is 3.29. The summed E-state index contributed by atoms with van der Waals surface area (Å²) in [5.41, 5.74) is 1.28. The number of aliphatic hydroxyl groups is 1. The number of benzene rings is 1. The molecule has 2 aromatic rings. The summed E-state index contributed by atoms with van der Waals surface area (Å²) in [5, 5.41) is 14.5. The van der Waals surface area contributed by atoms with Crippen LogP contribution < -0.4 is 15.4 Å². The lowest BCUT2D eigenvalue weighted by atomic mass is 10.2. The van der Waals surface area contributed by atoms with E-state index in [-0.39, 0.29) is 25.5 Å². The van der Waals surface area contributed by atoms with Crippen LogP contribution in [0.5, 0.6) is 5.88 Å². The van der Waals surface area contributed by atoms with E-state index in [4.69, 9.17) is 16.3 Å². The summed E-state index contributed by atoms with van der Waals surface area (Å²) in [7, 11) is 0. The van der Waals surface area contributed by atoms with E-state index < -0.39 is 0 Å². The van der Waals surface area contributed by atoms with Gasteiger partial charge in [-0.3, -0.25) is 4.79 Å². The highest BCUT2D eigenvalue weighted by Gasteiger charge is 2.07. The first-order valence-electron chi connectivity index (χ1n) is 6.99. The van der Waals surface area contributed by atoms with Gasteiger partial charge in [0.05, 0.1) is 23.7 Å². The van der Waals surface area contributed by atoms with Crippen LogP contribution >= 0.6 is 15.9 Å². The van der Waals surface area contributed by atoms with Crippen molar-refractivity contribution in [3.63, 3.8) is 0 Å². The molecule has 0 aliphatic carbocycles. The van der Waals surface area contributed by atoms with Crippen LogP contribution in [0, 0.1) is 12.3 Å². The lowest BCUT2D eigenvalue weighted by Crippen LogP contribution is -2.12. The summed E-state index contributed by atoms with van der Waals surface area (Å²) < 4.78 is 5.90. The number of aromatic nitrogens is 2. The Hall–Kier alpha value is -2.63. The van der Waals surface area contributed by atoms with Crippen LogP contribution in [-0.2, 0) is 4.79 Å². The van der Waals surface area contributed by atoms with Crippen molar-refractivity contribution in [3.8, 4) is 18.2 Å². The molecule has 0 aliphatic rings. The standard InChI is InChI=1S/C16H15BrN4O3/c1-2-8-24-15-13(17)10-18-16(21-15)20-12-5-3-4-11(9-12)19-14(23)6-7-22/h1,3-5,9-10,22H,6-8H2,(H,19,23)(H,18,20,21). The van der Waals surface area contributed by atoms with Gasteiger partial charge in [-0.2, -0.15) is 4.98 Å². The van der Waals surface area contributed by atoms with E-state index in [0.717, 1.165) is 0 Å². The van der Waals surface area contributed by atoms with Crippen LogP contribution in [0.1, 0.15) is 6.42 Å². The SMILES string of the molecule is C#CCOc1nc(Nc2cccc(NC(=O)CCO)c2)ncc1Br. The van der Waals surface area contributed by atoms with Gasteiger partial charge >= 0.3 is 0 Å². The van der Waals surface area contributed by atoms with Crippen LogP contribution in [-0.4, -0.2) is 34.2 Å². The Balaban J connectivity index is 2.11. The van der Waals surface area contributed by atoms with Crippen LogP contribution in [0.4, 0.5) is 17.3 Å². The second-order valence-corrected chi connectivity index (χ2v) is 5.42. The highest BCUT2D eigenvalue weighted by molar-refractivity contribution is 9.10. The second kappa shape index (κ2) is 8.86. The zero-order chi connectivity index (χ0) is 17.4. The Kier molecular flexibility index (Phi) is 6.54. The molecule has 24 heavy (non-hydrogen) atoms. The van der Waals surface area contributed by atoms with Gasteiger partial charge in [0, 0.05) is 11.4 Å². The van der Waals surface area contributed by atoms with Crippen LogP contribution in [0.3, 0.4) is 0 Å². The summed E-state index contributed by atoms with van der Waals surface area (Å²) >= 11 is 3.29. The zero-order valence-electron chi connectivity index (χ0n) is 12.6. The van der Waals surface area contributed by atoms with Crippen LogP contribution in [0.25, 0.3) is 0 Å². The quantitative estimate of drug-likeness (QED) is 0.627. The molecular formula is C16H15BrN4O3. The molecule has 0 radical (unpaired) electrons. The Bertz CT molecular complexity index is 761. The maximum Gasteiger partial charge on any atom is 0.233 e. The monoisotopic (exact) mass is 390 g/mol. The first-order valence-corrected chi connectivity index (χ1v) is 7.78. The van der Waals surface area contributed by atoms with Gasteiger partial charge in [0.25, 0.3) is 0 Å². The van der Waals surface area contributed by atoms with E-state index in [1.165, 1.54) is 0 Å². The number of hydrogen-bond donors (Lipinski definition) is 3. The lowest BCUT2D eigenvalue weighted by molar-refractivity contribution is -0.116. The normalized spacial score (nSPS) is 9.88. The van der Waals surface area contributed by atoms with E-state index in [2.05, 4.69) is 42.5 Å². The molecule has 0 fully saturated rings. The molecule has 8 heteroatoms. The number of carbonyl (C=O) groups excluding carboxylic acids is 1. The molecule has 1 aromatic carbocycles. The van der Waals surface area contributed by atoms with E-state index >= 15 is 0 Å². The van der Waals surface area contributed by atoms with E-state index in [9.17, 15) is 4.79 Å². The highest BCUT2D eigenvalue weighted by Crippen LogP contribution is 2.24. The Labute approximate surface area is 147 Å². The fourth-order valence-electron chi connectivity index (χ4n) is 1.75. The number of aliphatic hydroxyl groups excluding tert-OH is 1. The van der Waals surface area contributed by atoms with Gasteiger partial charge in [-0.25, -0.2) is 4.98 Å². The van der Waals surface area contributed by atoms with Crippen LogP contribution in [0.2, 0.25) is 0 Å². The molecule has 0 atom stereocenters. The first-order chi connectivity index (χ1) is 11.6. The molecule has 0 bridgehead atoms. The summed E-state index contributed by atoms with van der Waals surface area (Å²) in [4.78, 5) is 19.9. The molecule has 124 valence electrons. The molecule has 3 N–H and O–H groups in total. The van der Waals surface area contributed by atoms with E-state index in [0.29, 0.717) is 27.7 Å². The highest BCUT2D eigenvalue weighted by atomic mass is 79.9. The lowest BCUT2D eigenvalue weighted by Gasteiger charge is -2.10. The third-order valence-electron chi connectivity index (χ3n) is 2.75. The van der Waals surface area contributed by atoms with Gasteiger partial charge in [-0.1, -0.05) is 12.0 Å². The molecule has 2 rings (SSSR count). The van der Waals surface area contributed by atoms with Gasteiger partial charge in [0.2, 0.25) is 17.7 Å². The molecular weight excluding hydrogens is 376 g/mol. The molecule has 0 saturated carbocycles. The number of carbonyl (C=O) groups is 1. The smallest absolute Gasteiger partial charge is 0.233 e. The van der Waals surface area contributed by atoms with Crippen molar-refractivity contribution in [2.45, 2.75) is 6.42 Å². The number of nitrogens with one attached hydrogen (secondary N) is 2. The van der Waals surface area contributed by atoms with Crippen molar-refractivity contribution in [1.82, 2.24) is 9.97 Å². The van der Waals surface area contributed by atoms with Gasteiger partial charge in [-0.15, -0.1) is 6.42 Å². The van der Waals surface area contributed by atoms with Crippen molar-refractivity contribution in [2.24, 2.45) is 0 Å². The Morgan fingerprint density at radius 2 is 2.21 bits per heavy atom. The number of rotatable bonds is 7. The average molecular weight is 391 g/mol. The number of amides is 1. The van der Waals surface area contributed by atoms with Gasteiger partial charge in [0.15, 0.2) is 6.61 Å². The number of halogens is 1. The Morgan fingerprint density at radius 1 is 1.42 bits per heavy atom. The largest absolute Gasteiger partial charge is 0.464 e. The minimum absolute atomic E-state index is 0.0450. The van der Waals surface area contributed by atoms with E-state index in [1.807, 2.05) is 0 Å². The van der Waals surface area contributed by atoms with Gasteiger partial charge in [0.1, 0.15) is 0 Å². The third kappa shape index (κ3) is 5.22. The summed E-state index contributed by atoms with van der Waals surface area (Å²) in [6, 6.07) is 7.04. The number of nitrogens with zero attached hydrogens (tertiary/aromatic N) is 2. The fourth-order valence-corrected chi connectivity index (χ4v) is 2.06. The van der Waals surface area contributed by atoms with Crippen molar-refractivity contribution in [2.75, 3.05) is 23.8 Å². The number of anilines is 3. The molecule has 0 aliphatic heterocycles. The van der Waals surface area contributed by atoms with Gasteiger partial charge < -0.3 is 20.5 Å². The summed E-state index contributed by atoms with van der Waals surface area (Å²) in [6.07, 6.45) is 6.76. The molecule has 1 heterocycles. The first kappa shape index (κ1) is 17.7. The minimum Gasteiger partial charge on any atom is -0.464 e. The average Bonchev–Trinajstić information content (AvgIpc) is 2.56. The zero-order valence-corrected chi connectivity index (χ0v) is 14.2. The topological polar surface area (TPSA) is 96.4 Å². The Morgan fingerprint density at radius 3 is 2.96 bits per heavy atom. The molecule has 0 saturated heterocycles. The second-order valence-electron chi connectivity index (χ2n) is 4.57. The predicted octanol–water partition coefficient (Wildman–Crippen LogP) is 2.32. The predicted molar refractivity (Wildman–Crippen MR) is 94.1 cm³/mol. The maximum absolute atomic E-state index is 11.5.